The molecule has 0 saturated carbocycles. The Morgan fingerprint density at radius 1 is 1.33 bits per heavy atom. The topological polar surface area (TPSA) is 71.5 Å². The number of fused-ring (bicyclic) bond motifs is 1. The second-order valence-electron chi connectivity index (χ2n) is 3.02. The van der Waals surface area contributed by atoms with E-state index in [1.54, 1.807) is 0 Å². The number of hydrogen-bond acceptors (Lipinski definition) is 5. The molecule has 0 aromatic heterocycles. The number of rotatable bonds is 2. The van der Waals surface area contributed by atoms with Crippen LogP contribution in [0.3, 0.4) is 0 Å². The molecule has 5 heteroatoms. The molecule has 5 nitrogen and oxygen atoms in total. The van der Waals surface area contributed by atoms with Gasteiger partial charge in [-0.25, -0.2) is 0 Å². The third-order valence-corrected chi connectivity index (χ3v) is 2.27. The van der Waals surface area contributed by atoms with Crippen molar-refractivity contribution in [3.63, 3.8) is 0 Å². The number of ether oxygens (including phenoxy) is 3. The Labute approximate surface area is 69.8 Å². The van der Waals surface area contributed by atoms with Crippen molar-refractivity contribution in [1.29, 1.82) is 0 Å². The van der Waals surface area contributed by atoms with Gasteiger partial charge in [-0.2, -0.15) is 0 Å². The Hall–Kier alpha value is -0.200. The van der Waals surface area contributed by atoms with Crippen molar-refractivity contribution in [3.05, 3.63) is 0 Å². The minimum atomic E-state index is -0.730. The number of epoxide rings is 1. The zero-order chi connectivity index (χ0) is 8.72. The van der Waals surface area contributed by atoms with Crippen LogP contribution in [0.2, 0.25) is 0 Å². The first-order valence-corrected chi connectivity index (χ1v) is 3.90. The molecule has 0 aromatic rings. The van der Waals surface area contributed by atoms with Gasteiger partial charge in [0.05, 0.1) is 6.61 Å². The van der Waals surface area contributed by atoms with Gasteiger partial charge < -0.3 is 24.4 Å². The second-order valence-corrected chi connectivity index (χ2v) is 3.02. The first kappa shape index (κ1) is 8.40. The molecular weight excluding hydrogens is 164 g/mol. The van der Waals surface area contributed by atoms with Gasteiger partial charge in [0.25, 0.3) is 0 Å². The molecule has 2 heterocycles. The normalized spacial score (nSPS) is 51.8. The van der Waals surface area contributed by atoms with Crippen molar-refractivity contribution in [2.24, 2.45) is 0 Å². The van der Waals surface area contributed by atoms with Crippen LogP contribution in [0.25, 0.3) is 0 Å². The van der Waals surface area contributed by atoms with Gasteiger partial charge in [-0.3, -0.25) is 0 Å². The van der Waals surface area contributed by atoms with Crippen molar-refractivity contribution in [2.45, 2.75) is 30.7 Å². The predicted octanol–water partition coefficient (Wildman–Crippen LogP) is -1.52. The molecule has 2 fully saturated rings. The van der Waals surface area contributed by atoms with Gasteiger partial charge in [0.15, 0.2) is 6.29 Å². The van der Waals surface area contributed by atoms with Gasteiger partial charge in [-0.1, -0.05) is 0 Å². The first-order chi connectivity index (χ1) is 5.77. The standard InChI is InChI=1S/C7H12O5/c1-10-7-6-5(12-6)4(9)3(2-8)11-7/h3-9H,2H2,1H3/t3?,4-,5?,6+,7+/m1/s1. The summed E-state index contributed by atoms with van der Waals surface area (Å²) in [5.41, 5.74) is 0. The minimum absolute atomic E-state index is 0.159. The van der Waals surface area contributed by atoms with Crippen LogP contribution in [-0.4, -0.2) is 54.6 Å². The Morgan fingerprint density at radius 2 is 2.08 bits per heavy atom. The lowest BCUT2D eigenvalue weighted by molar-refractivity contribution is -0.207. The molecule has 0 bridgehead atoms. The van der Waals surface area contributed by atoms with E-state index in [9.17, 15) is 5.11 Å². The predicted molar refractivity (Wildman–Crippen MR) is 37.4 cm³/mol. The van der Waals surface area contributed by atoms with Gasteiger partial charge in [0.2, 0.25) is 0 Å². The van der Waals surface area contributed by atoms with Crippen LogP contribution in [-0.2, 0) is 14.2 Å². The highest BCUT2D eigenvalue weighted by Crippen LogP contribution is 2.37. The SMILES string of the molecule is CO[C@H]1OC(CO)[C@@H](O)C2O[C@@H]21. The van der Waals surface area contributed by atoms with E-state index in [-0.39, 0.29) is 18.8 Å². The molecule has 0 aliphatic carbocycles. The summed E-state index contributed by atoms with van der Waals surface area (Å²) >= 11 is 0. The lowest BCUT2D eigenvalue weighted by Gasteiger charge is -2.28. The maximum Gasteiger partial charge on any atom is 0.186 e. The van der Waals surface area contributed by atoms with Crippen LogP contribution in [0.4, 0.5) is 0 Å². The summed E-state index contributed by atoms with van der Waals surface area (Å²) in [5.74, 6) is 0. The summed E-state index contributed by atoms with van der Waals surface area (Å²) in [6.45, 7) is -0.215. The van der Waals surface area contributed by atoms with Gasteiger partial charge in [0.1, 0.15) is 24.4 Å². The van der Waals surface area contributed by atoms with Crippen LogP contribution in [0.15, 0.2) is 0 Å². The number of methoxy groups -OCH3 is 1. The van der Waals surface area contributed by atoms with Crippen LogP contribution < -0.4 is 0 Å². The number of aliphatic hydroxyl groups is 2. The van der Waals surface area contributed by atoms with Crippen LogP contribution in [0, 0.1) is 0 Å². The first-order valence-electron chi connectivity index (χ1n) is 3.90. The smallest absolute Gasteiger partial charge is 0.186 e. The van der Waals surface area contributed by atoms with E-state index in [4.69, 9.17) is 19.3 Å². The lowest BCUT2D eigenvalue weighted by Crippen LogP contribution is -2.47. The fourth-order valence-corrected chi connectivity index (χ4v) is 1.51. The number of aliphatic hydroxyl groups excluding tert-OH is 2. The molecule has 2 saturated heterocycles. The largest absolute Gasteiger partial charge is 0.394 e. The van der Waals surface area contributed by atoms with Crippen LogP contribution in [0.5, 0.6) is 0 Å². The quantitative estimate of drug-likeness (QED) is 0.500. The molecule has 0 amide bonds. The highest BCUT2D eigenvalue weighted by atomic mass is 16.7. The monoisotopic (exact) mass is 176 g/mol. The van der Waals surface area contributed by atoms with Gasteiger partial charge in [0, 0.05) is 7.11 Å². The molecule has 2 unspecified atom stereocenters. The van der Waals surface area contributed by atoms with E-state index >= 15 is 0 Å². The highest BCUT2D eigenvalue weighted by Gasteiger charge is 2.57. The van der Waals surface area contributed by atoms with Crippen LogP contribution >= 0.6 is 0 Å². The molecule has 0 spiro atoms. The van der Waals surface area contributed by atoms with Gasteiger partial charge in [-0.05, 0) is 0 Å². The Balaban J connectivity index is 2.01. The Bertz CT molecular complexity index is 173. The van der Waals surface area contributed by atoms with Gasteiger partial charge >= 0.3 is 0 Å². The molecule has 2 N–H and O–H groups in total. The van der Waals surface area contributed by atoms with Gasteiger partial charge in [-0.15, -0.1) is 0 Å². The molecule has 12 heavy (non-hydrogen) atoms. The van der Waals surface area contributed by atoms with E-state index in [0.717, 1.165) is 0 Å². The van der Waals surface area contributed by atoms with Crippen molar-refractivity contribution in [3.8, 4) is 0 Å². The third kappa shape index (κ3) is 1.14. The van der Waals surface area contributed by atoms with E-state index < -0.39 is 18.5 Å². The lowest BCUT2D eigenvalue weighted by atomic mass is 10.1. The Kier molecular flexibility index (Phi) is 2.05. The maximum atomic E-state index is 9.43. The van der Waals surface area contributed by atoms with E-state index in [1.165, 1.54) is 7.11 Å². The molecule has 0 aromatic carbocycles. The fraction of sp³-hybridized carbons (Fsp3) is 1.00. The summed E-state index contributed by atoms with van der Waals surface area (Å²) in [7, 11) is 1.51. The van der Waals surface area contributed by atoms with Crippen molar-refractivity contribution < 1.29 is 24.4 Å². The van der Waals surface area contributed by atoms with Crippen LogP contribution in [0.1, 0.15) is 0 Å². The Morgan fingerprint density at radius 3 is 2.67 bits per heavy atom. The molecule has 2 rings (SSSR count). The van der Waals surface area contributed by atoms with E-state index in [0.29, 0.717) is 0 Å². The summed E-state index contributed by atoms with van der Waals surface area (Å²) in [6, 6.07) is 0. The molecule has 2 aliphatic rings. The highest BCUT2D eigenvalue weighted by molar-refractivity contribution is 5.00. The fourth-order valence-electron chi connectivity index (χ4n) is 1.51. The molecule has 2 aliphatic heterocycles. The number of hydrogen-bond donors (Lipinski definition) is 2. The third-order valence-electron chi connectivity index (χ3n) is 2.27. The minimum Gasteiger partial charge on any atom is -0.394 e. The summed E-state index contributed by atoms with van der Waals surface area (Å²) < 4.78 is 15.3. The van der Waals surface area contributed by atoms with E-state index in [1.807, 2.05) is 0 Å². The van der Waals surface area contributed by atoms with Crippen molar-refractivity contribution >= 4 is 0 Å². The van der Waals surface area contributed by atoms with Crippen molar-refractivity contribution in [2.75, 3.05) is 13.7 Å². The summed E-state index contributed by atoms with van der Waals surface area (Å²) in [5, 5.41) is 18.2. The molecular formula is C7H12O5. The maximum absolute atomic E-state index is 9.43. The zero-order valence-electron chi connectivity index (χ0n) is 6.71. The van der Waals surface area contributed by atoms with E-state index in [2.05, 4.69) is 0 Å². The summed E-state index contributed by atoms with van der Waals surface area (Å²) in [6.07, 6.45) is -2.14. The zero-order valence-corrected chi connectivity index (χ0v) is 6.71. The molecule has 70 valence electrons. The summed E-state index contributed by atoms with van der Waals surface area (Å²) in [4.78, 5) is 0. The molecule has 5 atom stereocenters. The molecule has 0 radical (unpaired) electrons. The van der Waals surface area contributed by atoms with Crippen molar-refractivity contribution in [1.82, 2.24) is 0 Å². The second kappa shape index (κ2) is 2.93. The average molecular weight is 176 g/mol. The average Bonchev–Trinajstić information content (AvgIpc) is 2.85.